The standard InChI is InChI=1S/C16H20O6/c1-8(2)12-11-7-16(14(18)20-4,15(19)21-5)6-10(11)9(3)22-13(12)17/h8H,6-7H2,1-5H3. The van der Waals surface area contributed by atoms with Crippen molar-refractivity contribution in [3.05, 3.63) is 32.9 Å². The van der Waals surface area contributed by atoms with Crippen molar-refractivity contribution in [2.75, 3.05) is 14.2 Å². The summed E-state index contributed by atoms with van der Waals surface area (Å²) >= 11 is 0. The summed E-state index contributed by atoms with van der Waals surface area (Å²) in [6.45, 7) is 5.41. The summed E-state index contributed by atoms with van der Waals surface area (Å²) in [7, 11) is 2.46. The number of carbonyl (C=O) groups excluding carboxylic acids is 2. The number of hydrogen-bond acceptors (Lipinski definition) is 6. The average molecular weight is 308 g/mol. The normalized spacial score (nSPS) is 15.5. The van der Waals surface area contributed by atoms with Gasteiger partial charge in [0.25, 0.3) is 0 Å². The predicted molar refractivity (Wildman–Crippen MR) is 77.7 cm³/mol. The fourth-order valence-electron chi connectivity index (χ4n) is 3.20. The van der Waals surface area contributed by atoms with Crippen LogP contribution in [0.5, 0.6) is 0 Å². The van der Waals surface area contributed by atoms with Gasteiger partial charge in [0.15, 0.2) is 5.41 Å². The Morgan fingerprint density at radius 3 is 2.05 bits per heavy atom. The van der Waals surface area contributed by atoms with Crippen molar-refractivity contribution in [3.63, 3.8) is 0 Å². The van der Waals surface area contributed by atoms with E-state index in [0.717, 1.165) is 5.56 Å². The van der Waals surface area contributed by atoms with E-state index in [1.165, 1.54) is 14.2 Å². The number of fused-ring (bicyclic) bond motifs is 1. The highest BCUT2D eigenvalue weighted by Gasteiger charge is 2.54. The minimum Gasteiger partial charge on any atom is -0.468 e. The maximum atomic E-state index is 12.3. The van der Waals surface area contributed by atoms with E-state index in [-0.39, 0.29) is 18.8 Å². The SMILES string of the molecule is COC(=O)C1(C(=O)OC)Cc2c(C)oc(=O)c(C(C)C)c2C1. The molecule has 1 aromatic heterocycles. The Balaban J connectivity index is 2.67. The van der Waals surface area contributed by atoms with Gasteiger partial charge in [-0.1, -0.05) is 13.8 Å². The smallest absolute Gasteiger partial charge is 0.339 e. The van der Waals surface area contributed by atoms with Crippen LogP contribution in [0.2, 0.25) is 0 Å². The molecule has 0 unspecified atom stereocenters. The zero-order valence-electron chi connectivity index (χ0n) is 13.4. The van der Waals surface area contributed by atoms with Crippen LogP contribution in [0, 0.1) is 12.3 Å². The molecule has 1 aliphatic carbocycles. The average Bonchev–Trinajstić information content (AvgIpc) is 2.87. The van der Waals surface area contributed by atoms with Gasteiger partial charge < -0.3 is 13.9 Å². The molecule has 1 aromatic rings. The Morgan fingerprint density at radius 2 is 1.59 bits per heavy atom. The van der Waals surface area contributed by atoms with Crippen molar-refractivity contribution in [2.24, 2.45) is 5.41 Å². The molecule has 120 valence electrons. The highest BCUT2D eigenvalue weighted by Crippen LogP contribution is 2.42. The van der Waals surface area contributed by atoms with E-state index in [4.69, 9.17) is 13.9 Å². The monoisotopic (exact) mass is 308 g/mol. The zero-order valence-corrected chi connectivity index (χ0v) is 13.4. The first-order chi connectivity index (χ1) is 10.3. The molecule has 0 saturated heterocycles. The third kappa shape index (κ3) is 2.23. The molecule has 0 atom stereocenters. The van der Waals surface area contributed by atoms with Gasteiger partial charge in [-0.25, -0.2) is 4.79 Å². The van der Waals surface area contributed by atoms with Gasteiger partial charge in [0.05, 0.1) is 14.2 Å². The number of aryl methyl sites for hydroxylation is 1. The molecule has 0 saturated carbocycles. The molecule has 0 N–H and O–H groups in total. The molecular formula is C16H20O6. The largest absolute Gasteiger partial charge is 0.468 e. The van der Waals surface area contributed by atoms with Gasteiger partial charge >= 0.3 is 17.6 Å². The summed E-state index contributed by atoms with van der Waals surface area (Å²) in [4.78, 5) is 36.6. The predicted octanol–water partition coefficient (Wildman–Crippen LogP) is 1.50. The van der Waals surface area contributed by atoms with E-state index in [2.05, 4.69) is 0 Å². The minimum absolute atomic E-state index is 0.0725. The second-order valence-electron chi connectivity index (χ2n) is 5.89. The van der Waals surface area contributed by atoms with Crippen LogP contribution in [0.3, 0.4) is 0 Å². The molecule has 0 fully saturated rings. The lowest BCUT2D eigenvalue weighted by atomic mass is 9.84. The Morgan fingerprint density at radius 1 is 1.09 bits per heavy atom. The van der Waals surface area contributed by atoms with Crippen molar-refractivity contribution >= 4 is 11.9 Å². The van der Waals surface area contributed by atoms with Gasteiger partial charge in [-0.05, 0) is 24.0 Å². The summed E-state index contributed by atoms with van der Waals surface area (Å²) in [6, 6.07) is 0. The first-order valence-electron chi connectivity index (χ1n) is 7.10. The van der Waals surface area contributed by atoms with Crippen molar-refractivity contribution in [3.8, 4) is 0 Å². The van der Waals surface area contributed by atoms with Crippen LogP contribution in [0.1, 0.15) is 42.2 Å². The van der Waals surface area contributed by atoms with E-state index in [0.29, 0.717) is 16.9 Å². The summed E-state index contributed by atoms with van der Waals surface area (Å²) in [5, 5.41) is 0. The van der Waals surface area contributed by atoms with Gasteiger partial charge in [-0.2, -0.15) is 0 Å². The maximum absolute atomic E-state index is 12.3. The fourth-order valence-corrected chi connectivity index (χ4v) is 3.20. The van der Waals surface area contributed by atoms with Gasteiger partial charge in [-0.3, -0.25) is 9.59 Å². The second kappa shape index (κ2) is 5.59. The van der Waals surface area contributed by atoms with Crippen molar-refractivity contribution < 1.29 is 23.5 Å². The zero-order chi connectivity index (χ0) is 16.7. The minimum atomic E-state index is -1.44. The lowest BCUT2D eigenvalue weighted by molar-refractivity contribution is -0.168. The number of esters is 2. The fraction of sp³-hybridized carbons (Fsp3) is 0.562. The Labute approximate surface area is 128 Å². The van der Waals surface area contributed by atoms with Gasteiger partial charge in [0.2, 0.25) is 0 Å². The van der Waals surface area contributed by atoms with Crippen molar-refractivity contribution in [1.29, 1.82) is 0 Å². The molecule has 6 nitrogen and oxygen atoms in total. The molecule has 0 aliphatic heterocycles. The van der Waals surface area contributed by atoms with Crippen molar-refractivity contribution in [2.45, 2.75) is 39.5 Å². The van der Waals surface area contributed by atoms with E-state index >= 15 is 0 Å². The highest BCUT2D eigenvalue weighted by molar-refractivity contribution is 6.01. The molecule has 0 bridgehead atoms. The van der Waals surface area contributed by atoms with E-state index in [1.807, 2.05) is 13.8 Å². The molecule has 22 heavy (non-hydrogen) atoms. The van der Waals surface area contributed by atoms with Crippen LogP contribution in [0.15, 0.2) is 9.21 Å². The number of methoxy groups -OCH3 is 2. The van der Waals surface area contributed by atoms with Gasteiger partial charge in [-0.15, -0.1) is 0 Å². The molecule has 6 heteroatoms. The van der Waals surface area contributed by atoms with Crippen LogP contribution in [-0.4, -0.2) is 26.2 Å². The first-order valence-corrected chi connectivity index (χ1v) is 7.10. The number of hydrogen-bond donors (Lipinski definition) is 0. The molecule has 1 heterocycles. The van der Waals surface area contributed by atoms with Crippen LogP contribution in [-0.2, 0) is 31.9 Å². The van der Waals surface area contributed by atoms with Crippen molar-refractivity contribution in [1.82, 2.24) is 0 Å². The molecule has 0 aromatic carbocycles. The number of rotatable bonds is 3. The molecule has 0 radical (unpaired) electrons. The highest BCUT2D eigenvalue weighted by atomic mass is 16.5. The summed E-state index contributed by atoms with van der Waals surface area (Å²) in [5.41, 5.74) is 0.0783. The lowest BCUT2D eigenvalue weighted by Crippen LogP contribution is -2.42. The lowest BCUT2D eigenvalue weighted by Gasteiger charge is -2.22. The molecular weight excluding hydrogens is 288 g/mol. The van der Waals surface area contributed by atoms with E-state index in [9.17, 15) is 14.4 Å². The topological polar surface area (TPSA) is 82.8 Å². The Kier molecular flexibility index (Phi) is 4.13. The Bertz CT molecular complexity index is 667. The van der Waals surface area contributed by atoms with Gasteiger partial charge in [0.1, 0.15) is 5.76 Å². The maximum Gasteiger partial charge on any atom is 0.339 e. The third-order valence-electron chi connectivity index (χ3n) is 4.27. The Hall–Kier alpha value is -2.11. The molecule has 0 amide bonds. The van der Waals surface area contributed by atoms with Crippen LogP contribution in [0.4, 0.5) is 0 Å². The summed E-state index contributed by atoms with van der Waals surface area (Å²) < 4.78 is 14.9. The van der Waals surface area contributed by atoms with Crippen LogP contribution >= 0.6 is 0 Å². The number of ether oxygens (including phenoxy) is 2. The van der Waals surface area contributed by atoms with E-state index < -0.39 is 23.0 Å². The first kappa shape index (κ1) is 16.3. The molecule has 1 aliphatic rings. The van der Waals surface area contributed by atoms with E-state index in [1.54, 1.807) is 6.92 Å². The van der Waals surface area contributed by atoms with Crippen LogP contribution in [0.25, 0.3) is 0 Å². The number of carbonyl (C=O) groups is 2. The van der Waals surface area contributed by atoms with Crippen LogP contribution < -0.4 is 5.63 Å². The molecule has 0 spiro atoms. The molecule has 2 rings (SSSR count). The third-order valence-corrected chi connectivity index (χ3v) is 4.27. The summed E-state index contributed by atoms with van der Waals surface area (Å²) in [5.74, 6) is -0.954. The quantitative estimate of drug-likeness (QED) is 0.621. The second-order valence-corrected chi connectivity index (χ2v) is 5.89. The van der Waals surface area contributed by atoms with Gasteiger partial charge in [0, 0.05) is 18.4 Å². The summed E-state index contributed by atoms with van der Waals surface area (Å²) in [6.07, 6.45) is 0.221.